The summed E-state index contributed by atoms with van der Waals surface area (Å²) in [5.74, 6) is 0.119. The molecule has 22 heavy (non-hydrogen) atoms. The van der Waals surface area contributed by atoms with Gasteiger partial charge in [-0.3, -0.25) is 4.79 Å². The largest absolute Gasteiger partial charge is 0.508 e. The molecule has 0 unspecified atom stereocenters. The van der Waals surface area contributed by atoms with Crippen molar-refractivity contribution in [1.82, 2.24) is 5.32 Å². The fourth-order valence-electron chi connectivity index (χ4n) is 2.54. The lowest BCUT2D eigenvalue weighted by atomic mass is 10.0. The van der Waals surface area contributed by atoms with Crippen molar-refractivity contribution in [2.45, 2.75) is 13.0 Å². The summed E-state index contributed by atoms with van der Waals surface area (Å²) in [6.45, 7) is 1.93. The van der Waals surface area contributed by atoms with Crippen LogP contribution in [0.15, 0.2) is 66.7 Å². The van der Waals surface area contributed by atoms with E-state index in [1.807, 2.05) is 61.5 Å². The highest BCUT2D eigenvalue weighted by Gasteiger charge is 2.13. The molecule has 3 aromatic rings. The zero-order valence-corrected chi connectivity index (χ0v) is 12.3. The third-order valence-electron chi connectivity index (χ3n) is 3.77. The minimum atomic E-state index is -0.132. The van der Waals surface area contributed by atoms with Gasteiger partial charge in [0.1, 0.15) is 5.75 Å². The summed E-state index contributed by atoms with van der Waals surface area (Å²) in [5.41, 5.74) is 1.62. The van der Waals surface area contributed by atoms with Crippen LogP contribution in [0.4, 0.5) is 0 Å². The number of carbonyl (C=O) groups is 1. The van der Waals surface area contributed by atoms with Crippen LogP contribution < -0.4 is 5.32 Å². The smallest absolute Gasteiger partial charge is 0.252 e. The number of hydrogen-bond acceptors (Lipinski definition) is 2. The number of hydrogen-bond donors (Lipinski definition) is 2. The van der Waals surface area contributed by atoms with E-state index in [0.29, 0.717) is 5.56 Å². The normalized spacial score (nSPS) is 12.0. The summed E-state index contributed by atoms with van der Waals surface area (Å²) in [4.78, 5) is 12.5. The van der Waals surface area contributed by atoms with Crippen LogP contribution in [0.3, 0.4) is 0 Å². The minimum Gasteiger partial charge on any atom is -0.508 e. The van der Waals surface area contributed by atoms with Gasteiger partial charge in [0, 0.05) is 5.56 Å². The maximum absolute atomic E-state index is 12.5. The van der Waals surface area contributed by atoms with Gasteiger partial charge in [-0.1, -0.05) is 48.5 Å². The summed E-state index contributed by atoms with van der Waals surface area (Å²) in [7, 11) is 0. The van der Waals surface area contributed by atoms with Crippen molar-refractivity contribution in [2.24, 2.45) is 0 Å². The Morgan fingerprint density at radius 1 is 0.955 bits per heavy atom. The number of aromatic hydroxyl groups is 1. The molecular weight excluding hydrogens is 274 g/mol. The highest BCUT2D eigenvalue weighted by molar-refractivity contribution is 6.07. The molecule has 1 amide bonds. The quantitative estimate of drug-likeness (QED) is 0.765. The molecule has 0 heterocycles. The summed E-state index contributed by atoms with van der Waals surface area (Å²) >= 11 is 0. The molecule has 0 spiro atoms. The van der Waals surface area contributed by atoms with Crippen LogP contribution in [0, 0.1) is 0 Å². The molecular formula is C19H17NO2. The Morgan fingerprint density at radius 3 is 2.41 bits per heavy atom. The lowest BCUT2D eigenvalue weighted by Crippen LogP contribution is -2.26. The lowest BCUT2D eigenvalue weighted by Gasteiger charge is -2.15. The third kappa shape index (κ3) is 2.79. The molecule has 2 N–H and O–H groups in total. The van der Waals surface area contributed by atoms with Gasteiger partial charge < -0.3 is 10.4 Å². The Balaban J connectivity index is 1.85. The van der Waals surface area contributed by atoms with Gasteiger partial charge in [0.2, 0.25) is 0 Å². The van der Waals surface area contributed by atoms with Crippen molar-refractivity contribution in [3.05, 3.63) is 77.9 Å². The fourth-order valence-corrected chi connectivity index (χ4v) is 2.54. The molecule has 1 atom stereocenters. The fraction of sp³-hybridized carbons (Fsp3) is 0.105. The molecule has 3 nitrogen and oxygen atoms in total. The van der Waals surface area contributed by atoms with Crippen LogP contribution >= 0.6 is 0 Å². The van der Waals surface area contributed by atoms with Crippen molar-refractivity contribution in [2.75, 3.05) is 0 Å². The first kappa shape index (κ1) is 14.1. The first-order valence-corrected chi connectivity index (χ1v) is 7.23. The van der Waals surface area contributed by atoms with E-state index >= 15 is 0 Å². The van der Waals surface area contributed by atoms with E-state index in [9.17, 15) is 9.90 Å². The number of rotatable bonds is 3. The SMILES string of the molecule is C[C@H](NC(=O)c1cccc2ccccc12)c1ccc(O)cc1. The molecule has 0 radical (unpaired) electrons. The highest BCUT2D eigenvalue weighted by atomic mass is 16.3. The summed E-state index contributed by atoms with van der Waals surface area (Å²) in [6.07, 6.45) is 0. The van der Waals surface area contributed by atoms with Gasteiger partial charge in [0.25, 0.3) is 5.91 Å². The Hall–Kier alpha value is -2.81. The van der Waals surface area contributed by atoms with Crippen LogP contribution in [0.2, 0.25) is 0 Å². The lowest BCUT2D eigenvalue weighted by molar-refractivity contribution is 0.0941. The molecule has 0 aromatic heterocycles. The van der Waals surface area contributed by atoms with Gasteiger partial charge >= 0.3 is 0 Å². The second-order valence-electron chi connectivity index (χ2n) is 5.31. The second kappa shape index (κ2) is 5.90. The van der Waals surface area contributed by atoms with Crippen LogP contribution in [-0.2, 0) is 0 Å². The van der Waals surface area contributed by atoms with Gasteiger partial charge in [-0.15, -0.1) is 0 Å². The number of carbonyl (C=O) groups excluding carboxylic acids is 1. The second-order valence-corrected chi connectivity index (χ2v) is 5.31. The van der Waals surface area contributed by atoms with Crippen molar-refractivity contribution in [3.8, 4) is 5.75 Å². The molecule has 0 saturated heterocycles. The molecule has 0 aliphatic heterocycles. The highest BCUT2D eigenvalue weighted by Crippen LogP contribution is 2.21. The molecule has 0 aliphatic carbocycles. The van der Waals surface area contributed by atoms with E-state index in [2.05, 4.69) is 5.32 Å². The van der Waals surface area contributed by atoms with Crippen molar-refractivity contribution in [3.63, 3.8) is 0 Å². The van der Waals surface area contributed by atoms with Crippen LogP contribution in [0.1, 0.15) is 28.9 Å². The van der Waals surface area contributed by atoms with E-state index in [1.165, 1.54) is 0 Å². The van der Waals surface area contributed by atoms with E-state index in [0.717, 1.165) is 16.3 Å². The van der Waals surface area contributed by atoms with E-state index < -0.39 is 0 Å². The maximum atomic E-state index is 12.5. The molecule has 0 saturated carbocycles. The van der Waals surface area contributed by atoms with Gasteiger partial charge in [0.05, 0.1) is 6.04 Å². The predicted molar refractivity (Wildman–Crippen MR) is 87.9 cm³/mol. The van der Waals surface area contributed by atoms with Crippen LogP contribution in [0.5, 0.6) is 5.75 Å². The monoisotopic (exact) mass is 291 g/mol. The number of phenolic OH excluding ortho intramolecular Hbond substituents is 1. The van der Waals surface area contributed by atoms with Crippen molar-refractivity contribution < 1.29 is 9.90 Å². The van der Waals surface area contributed by atoms with Crippen molar-refractivity contribution in [1.29, 1.82) is 0 Å². The molecule has 110 valence electrons. The van der Waals surface area contributed by atoms with E-state index in [-0.39, 0.29) is 17.7 Å². The molecule has 3 rings (SSSR count). The minimum absolute atomic E-state index is 0.0997. The number of benzene rings is 3. The average molecular weight is 291 g/mol. The zero-order chi connectivity index (χ0) is 15.5. The molecule has 0 fully saturated rings. The molecule has 3 heteroatoms. The van der Waals surface area contributed by atoms with E-state index in [4.69, 9.17) is 0 Å². The predicted octanol–water partition coefficient (Wildman–Crippen LogP) is 4.04. The number of phenols is 1. The van der Waals surface area contributed by atoms with Gasteiger partial charge in [-0.05, 0) is 41.5 Å². The third-order valence-corrected chi connectivity index (χ3v) is 3.77. The number of nitrogens with one attached hydrogen (secondary N) is 1. The van der Waals surface area contributed by atoms with Crippen molar-refractivity contribution >= 4 is 16.7 Å². The maximum Gasteiger partial charge on any atom is 0.252 e. The average Bonchev–Trinajstić information content (AvgIpc) is 2.54. The first-order valence-electron chi connectivity index (χ1n) is 7.23. The molecule has 0 bridgehead atoms. The Bertz CT molecular complexity index is 804. The summed E-state index contributed by atoms with van der Waals surface area (Å²) in [5, 5.41) is 14.3. The molecule has 3 aromatic carbocycles. The Kier molecular flexibility index (Phi) is 3.79. The zero-order valence-electron chi connectivity index (χ0n) is 12.3. The topological polar surface area (TPSA) is 49.3 Å². The van der Waals surface area contributed by atoms with Gasteiger partial charge in [0.15, 0.2) is 0 Å². The van der Waals surface area contributed by atoms with Gasteiger partial charge in [-0.25, -0.2) is 0 Å². The Labute approximate surface area is 129 Å². The number of amides is 1. The summed E-state index contributed by atoms with van der Waals surface area (Å²) in [6, 6.07) is 20.3. The summed E-state index contributed by atoms with van der Waals surface area (Å²) < 4.78 is 0. The van der Waals surface area contributed by atoms with E-state index in [1.54, 1.807) is 12.1 Å². The van der Waals surface area contributed by atoms with Gasteiger partial charge in [-0.2, -0.15) is 0 Å². The molecule has 0 aliphatic rings. The Morgan fingerprint density at radius 2 is 1.64 bits per heavy atom. The standard InChI is InChI=1S/C19H17NO2/c1-13(14-9-11-16(21)12-10-14)20-19(22)18-8-4-6-15-5-2-3-7-17(15)18/h2-13,21H,1H3,(H,20,22)/t13-/m0/s1. The van der Waals surface area contributed by atoms with Crippen LogP contribution in [-0.4, -0.2) is 11.0 Å². The number of fused-ring (bicyclic) bond motifs is 1. The first-order chi connectivity index (χ1) is 10.6. The van der Waals surface area contributed by atoms with Crippen LogP contribution in [0.25, 0.3) is 10.8 Å².